The molecule has 150 valence electrons. The van der Waals surface area contributed by atoms with Gasteiger partial charge in [-0.2, -0.15) is 0 Å². The zero-order valence-corrected chi connectivity index (χ0v) is 17.4. The van der Waals surface area contributed by atoms with Crippen molar-refractivity contribution in [2.24, 2.45) is 0 Å². The van der Waals surface area contributed by atoms with Crippen LogP contribution in [0.25, 0.3) is 0 Å². The van der Waals surface area contributed by atoms with Crippen molar-refractivity contribution >= 4 is 29.1 Å². The predicted octanol–water partition coefficient (Wildman–Crippen LogP) is 3.86. The van der Waals surface area contributed by atoms with E-state index in [1.807, 2.05) is 41.8 Å². The van der Waals surface area contributed by atoms with E-state index in [0.29, 0.717) is 5.56 Å². The quantitative estimate of drug-likeness (QED) is 0.693. The van der Waals surface area contributed by atoms with Crippen LogP contribution in [-0.2, 0) is 12.8 Å². The van der Waals surface area contributed by atoms with E-state index in [9.17, 15) is 4.79 Å². The van der Waals surface area contributed by atoms with Crippen LogP contribution in [0.5, 0.6) is 0 Å². The summed E-state index contributed by atoms with van der Waals surface area (Å²) < 4.78 is 1.85. The Hall–Kier alpha value is -2.08. The van der Waals surface area contributed by atoms with E-state index in [1.165, 1.54) is 11.1 Å². The van der Waals surface area contributed by atoms with Gasteiger partial charge in [0.25, 0.3) is 5.91 Å². The van der Waals surface area contributed by atoms with E-state index in [2.05, 4.69) is 34.6 Å². The molecule has 6 heteroatoms. The number of anilines is 2. The summed E-state index contributed by atoms with van der Waals surface area (Å²) in [5, 5.41) is 6.15. The molecule has 28 heavy (non-hydrogen) atoms. The lowest BCUT2D eigenvalue weighted by Crippen LogP contribution is -2.43. The van der Waals surface area contributed by atoms with Crippen molar-refractivity contribution in [3.05, 3.63) is 59.2 Å². The van der Waals surface area contributed by atoms with E-state index in [0.717, 1.165) is 56.9 Å². The lowest BCUT2D eigenvalue weighted by Gasteiger charge is -2.30. The molecule has 1 saturated heterocycles. The molecule has 1 aliphatic rings. The topological polar surface area (TPSA) is 47.6 Å². The number of carbonyl (C=O) groups is 1. The minimum Gasteiger partial charge on any atom is -0.388 e. The number of carbonyl (C=O) groups excluding carboxylic acids is 1. The average molecular weight is 401 g/mol. The summed E-state index contributed by atoms with van der Waals surface area (Å²) in [5.74, 6) is -0.0918. The highest BCUT2D eigenvalue weighted by atomic mass is 35.5. The third-order valence-corrected chi connectivity index (χ3v) is 5.61. The van der Waals surface area contributed by atoms with Gasteiger partial charge in [0.05, 0.1) is 0 Å². The van der Waals surface area contributed by atoms with Gasteiger partial charge in [-0.1, -0.05) is 25.1 Å². The van der Waals surface area contributed by atoms with E-state index >= 15 is 0 Å². The summed E-state index contributed by atoms with van der Waals surface area (Å²) in [6, 6.07) is 13.9. The molecule has 1 heterocycles. The first-order chi connectivity index (χ1) is 13.6. The fourth-order valence-electron chi connectivity index (χ4n) is 3.45. The second kappa shape index (κ2) is 9.92. The summed E-state index contributed by atoms with van der Waals surface area (Å²) in [4.78, 5) is 15.0. The Balaban J connectivity index is 1.54. The highest BCUT2D eigenvalue weighted by Gasteiger charge is 2.14. The Morgan fingerprint density at radius 3 is 2.43 bits per heavy atom. The van der Waals surface area contributed by atoms with Crippen LogP contribution < -0.4 is 10.6 Å². The highest BCUT2D eigenvalue weighted by molar-refractivity contribution is 6.13. The Morgan fingerprint density at radius 2 is 1.79 bits per heavy atom. The van der Waals surface area contributed by atoms with Crippen molar-refractivity contribution in [3.8, 4) is 0 Å². The molecule has 0 aliphatic carbocycles. The van der Waals surface area contributed by atoms with Crippen LogP contribution in [0.3, 0.4) is 0 Å². The lowest BCUT2D eigenvalue weighted by molar-refractivity contribution is 0.102. The van der Waals surface area contributed by atoms with Crippen molar-refractivity contribution in [3.63, 3.8) is 0 Å². The first-order valence-corrected chi connectivity index (χ1v) is 10.3. The first-order valence-electron chi connectivity index (χ1n) is 9.93. The number of amides is 1. The van der Waals surface area contributed by atoms with Crippen LogP contribution in [0.15, 0.2) is 42.5 Å². The molecule has 3 rings (SSSR count). The second-order valence-electron chi connectivity index (χ2n) is 7.13. The number of nitrogens with one attached hydrogen (secondary N) is 2. The molecule has 0 spiro atoms. The molecule has 2 aromatic carbocycles. The van der Waals surface area contributed by atoms with E-state index < -0.39 is 0 Å². The molecular formula is C22H29ClN4O. The molecule has 1 aliphatic heterocycles. The predicted molar refractivity (Wildman–Crippen MR) is 117 cm³/mol. The fraction of sp³-hybridized carbons (Fsp3) is 0.409. The average Bonchev–Trinajstić information content (AvgIpc) is 2.73. The molecule has 0 bridgehead atoms. The monoisotopic (exact) mass is 400 g/mol. The number of piperazine rings is 1. The van der Waals surface area contributed by atoms with Gasteiger partial charge in [-0.15, -0.1) is 0 Å². The van der Waals surface area contributed by atoms with Gasteiger partial charge in [0.2, 0.25) is 0 Å². The summed E-state index contributed by atoms with van der Waals surface area (Å²) in [5.41, 5.74) is 4.95. The lowest BCUT2D eigenvalue weighted by atomic mass is 10.1. The zero-order valence-electron chi connectivity index (χ0n) is 16.7. The maximum atomic E-state index is 12.6. The van der Waals surface area contributed by atoms with Crippen LogP contribution in [0.1, 0.15) is 28.4 Å². The molecule has 0 saturated carbocycles. The first kappa shape index (κ1) is 20.6. The number of nitrogens with zero attached hydrogens (tertiary/aromatic N) is 2. The molecular weight excluding hydrogens is 372 g/mol. The maximum absolute atomic E-state index is 12.6. The molecule has 0 atom stereocenters. The van der Waals surface area contributed by atoms with Gasteiger partial charge >= 0.3 is 0 Å². The largest absolute Gasteiger partial charge is 0.388 e. The Kier molecular flexibility index (Phi) is 7.31. The van der Waals surface area contributed by atoms with Crippen molar-refractivity contribution in [2.45, 2.75) is 19.8 Å². The molecule has 0 radical (unpaired) electrons. The van der Waals surface area contributed by atoms with Gasteiger partial charge in [-0.25, -0.2) is 4.42 Å². The van der Waals surface area contributed by atoms with Crippen molar-refractivity contribution < 1.29 is 4.79 Å². The third kappa shape index (κ3) is 5.47. The van der Waals surface area contributed by atoms with Gasteiger partial charge < -0.3 is 15.5 Å². The van der Waals surface area contributed by atoms with Crippen LogP contribution in [0.2, 0.25) is 0 Å². The zero-order chi connectivity index (χ0) is 19.9. The number of hydrogen-bond donors (Lipinski definition) is 2. The number of hydrogen-bond acceptors (Lipinski definition) is 4. The Labute approximate surface area is 172 Å². The summed E-state index contributed by atoms with van der Waals surface area (Å²) in [6.45, 7) is 7.01. The van der Waals surface area contributed by atoms with Crippen molar-refractivity contribution in [2.75, 3.05) is 50.4 Å². The normalized spacial score (nSPS) is 15.4. The molecule has 0 aromatic heterocycles. The third-order valence-electron chi connectivity index (χ3n) is 5.27. The smallest absolute Gasteiger partial charge is 0.255 e. The number of benzene rings is 2. The van der Waals surface area contributed by atoms with Crippen LogP contribution in [0, 0.1) is 0 Å². The number of aryl methyl sites for hydroxylation is 1. The van der Waals surface area contributed by atoms with Gasteiger partial charge in [0, 0.05) is 56.7 Å². The minimum absolute atomic E-state index is 0.0918. The van der Waals surface area contributed by atoms with Gasteiger partial charge in [-0.05, 0) is 60.0 Å². The van der Waals surface area contributed by atoms with Crippen molar-refractivity contribution in [1.82, 2.24) is 9.32 Å². The van der Waals surface area contributed by atoms with E-state index in [1.54, 1.807) is 0 Å². The highest BCUT2D eigenvalue weighted by Crippen LogP contribution is 2.19. The number of rotatable bonds is 7. The van der Waals surface area contributed by atoms with Crippen molar-refractivity contribution in [1.29, 1.82) is 0 Å². The second-order valence-corrected chi connectivity index (χ2v) is 7.61. The molecule has 2 N–H and O–H groups in total. The molecule has 1 fully saturated rings. The Bertz CT molecular complexity index is 786. The molecule has 5 nitrogen and oxygen atoms in total. The van der Waals surface area contributed by atoms with Gasteiger partial charge in [-0.3, -0.25) is 4.79 Å². The van der Waals surface area contributed by atoms with Crippen LogP contribution in [-0.4, -0.2) is 55.0 Å². The molecule has 1 amide bonds. The summed E-state index contributed by atoms with van der Waals surface area (Å²) in [6.07, 6.45) is 1.93. The molecule has 0 unspecified atom stereocenters. The summed E-state index contributed by atoms with van der Waals surface area (Å²) >= 11 is 6.00. The SMILES string of the molecule is CCc1ccc(C(=O)Nc2ccc(CCN3CCN(Cl)CC3)cc2)cc1NC. The van der Waals surface area contributed by atoms with Gasteiger partial charge in [0.15, 0.2) is 0 Å². The van der Waals surface area contributed by atoms with E-state index in [-0.39, 0.29) is 5.91 Å². The van der Waals surface area contributed by atoms with Gasteiger partial charge in [0.1, 0.15) is 0 Å². The van der Waals surface area contributed by atoms with E-state index in [4.69, 9.17) is 11.8 Å². The van der Waals surface area contributed by atoms with Crippen LogP contribution in [0.4, 0.5) is 11.4 Å². The maximum Gasteiger partial charge on any atom is 0.255 e. The standard InChI is InChI=1S/C22H29ClN4O/c1-3-18-6-7-19(16-21(18)24-2)22(28)25-20-8-4-17(5-9-20)10-11-26-12-14-27(23)15-13-26/h4-9,16,24H,3,10-15H2,1-2H3,(H,25,28). The minimum atomic E-state index is -0.0918. The fourth-order valence-corrected chi connectivity index (χ4v) is 3.60. The number of halogens is 1. The van der Waals surface area contributed by atoms with Crippen LogP contribution >= 0.6 is 11.8 Å². The Morgan fingerprint density at radius 1 is 1.07 bits per heavy atom. The molecule has 2 aromatic rings. The summed E-state index contributed by atoms with van der Waals surface area (Å²) in [7, 11) is 1.88.